The molecule has 2 heterocycles. The Morgan fingerprint density at radius 3 is 2.57 bits per heavy atom. The number of carbonyl (C=O) groups excluding carboxylic acids is 1. The van der Waals surface area contributed by atoms with Crippen LogP contribution in [0.2, 0.25) is 0 Å². The van der Waals surface area contributed by atoms with E-state index < -0.39 is 0 Å². The van der Waals surface area contributed by atoms with Gasteiger partial charge in [0.25, 0.3) is 5.91 Å². The van der Waals surface area contributed by atoms with Gasteiger partial charge in [-0.25, -0.2) is 0 Å². The SMILES string of the molecule is CNC(=O)c1sc(N2CCC(N)CC2)c(OC(C)C)c1N. The van der Waals surface area contributed by atoms with Gasteiger partial charge in [0.05, 0.1) is 6.10 Å². The summed E-state index contributed by atoms with van der Waals surface area (Å²) in [6.07, 6.45) is 1.88. The van der Waals surface area contributed by atoms with Crippen molar-refractivity contribution in [1.82, 2.24) is 5.32 Å². The summed E-state index contributed by atoms with van der Waals surface area (Å²) in [5.41, 5.74) is 12.5. The van der Waals surface area contributed by atoms with E-state index in [1.54, 1.807) is 7.05 Å². The molecule has 1 amide bonds. The third-order valence-corrected chi connectivity index (χ3v) is 4.74. The number of ether oxygens (including phenoxy) is 1. The van der Waals surface area contributed by atoms with E-state index in [1.165, 1.54) is 11.3 Å². The molecule has 1 fully saturated rings. The molecule has 0 atom stereocenters. The highest BCUT2D eigenvalue weighted by molar-refractivity contribution is 7.19. The number of nitrogens with two attached hydrogens (primary N) is 2. The van der Waals surface area contributed by atoms with E-state index in [2.05, 4.69) is 10.2 Å². The van der Waals surface area contributed by atoms with Crippen molar-refractivity contribution in [3.8, 4) is 5.75 Å². The molecule has 0 aromatic carbocycles. The summed E-state index contributed by atoms with van der Waals surface area (Å²) in [6.45, 7) is 5.63. The zero-order valence-electron chi connectivity index (χ0n) is 12.8. The van der Waals surface area contributed by atoms with Crippen LogP contribution in [0.3, 0.4) is 0 Å². The van der Waals surface area contributed by atoms with E-state index in [0.717, 1.165) is 30.9 Å². The highest BCUT2D eigenvalue weighted by Gasteiger charge is 2.27. The van der Waals surface area contributed by atoms with E-state index in [1.807, 2.05) is 13.8 Å². The number of hydrogen-bond acceptors (Lipinski definition) is 6. The number of nitrogens with zero attached hydrogens (tertiary/aromatic N) is 1. The van der Waals surface area contributed by atoms with Crippen LogP contribution in [0.1, 0.15) is 36.4 Å². The predicted octanol–water partition coefficient (Wildman–Crippen LogP) is 1.40. The number of anilines is 2. The Morgan fingerprint density at radius 2 is 2.05 bits per heavy atom. The van der Waals surface area contributed by atoms with Gasteiger partial charge in [-0.1, -0.05) is 0 Å². The quantitative estimate of drug-likeness (QED) is 0.781. The summed E-state index contributed by atoms with van der Waals surface area (Å²) >= 11 is 1.39. The van der Waals surface area contributed by atoms with Crippen molar-refractivity contribution in [3.63, 3.8) is 0 Å². The number of nitrogen functional groups attached to an aromatic ring is 1. The van der Waals surface area contributed by atoms with Gasteiger partial charge >= 0.3 is 0 Å². The molecule has 0 unspecified atom stereocenters. The first-order valence-corrected chi connectivity index (χ1v) is 8.07. The van der Waals surface area contributed by atoms with E-state index in [4.69, 9.17) is 16.2 Å². The Kier molecular flexibility index (Phi) is 4.95. The number of nitrogens with one attached hydrogen (secondary N) is 1. The van der Waals surface area contributed by atoms with Crippen molar-refractivity contribution >= 4 is 27.9 Å². The lowest BCUT2D eigenvalue weighted by Gasteiger charge is -2.31. The van der Waals surface area contributed by atoms with Crippen LogP contribution in [-0.4, -0.2) is 38.2 Å². The molecule has 0 aliphatic carbocycles. The average Bonchev–Trinajstić information content (AvgIpc) is 2.76. The molecule has 0 spiro atoms. The fraction of sp³-hybridized carbons (Fsp3) is 0.643. The second-order valence-electron chi connectivity index (χ2n) is 5.55. The van der Waals surface area contributed by atoms with Crippen molar-refractivity contribution in [2.24, 2.45) is 5.73 Å². The minimum Gasteiger partial charge on any atom is -0.486 e. The van der Waals surface area contributed by atoms with Crippen LogP contribution in [0.15, 0.2) is 0 Å². The highest BCUT2D eigenvalue weighted by atomic mass is 32.1. The lowest BCUT2D eigenvalue weighted by Crippen LogP contribution is -2.39. The number of piperidine rings is 1. The molecular formula is C14H24N4O2S. The maximum absolute atomic E-state index is 11.9. The van der Waals surface area contributed by atoms with Crippen molar-refractivity contribution in [2.45, 2.75) is 38.8 Å². The molecule has 118 valence electrons. The molecule has 1 aliphatic heterocycles. The fourth-order valence-electron chi connectivity index (χ4n) is 2.36. The topological polar surface area (TPSA) is 93.6 Å². The predicted molar refractivity (Wildman–Crippen MR) is 87.3 cm³/mol. The molecule has 21 heavy (non-hydrogen) atoms. The van der Waals surface area contributed by atoms with Crippen molar-refractivity contribution in [3.05, 3.63) is 4.88 Å². The maximum Gasteiger partial charge on any atom is 0.263 e. The van der Waals surface area contributed by atoms with E-state index in [-0.39, 0.29) is 18.1 Å². The van der Waals surface area contributed by atoms with Gasteiger partial charge in [0.15, 0.2) is 5.75 Å². The Bertz CT molecular complexity index is 507. The minimum atomic E-state index is -0.175. The summed E-state index contributed by atoms with van der Waals surface area (Å²) in [7, 11) is 1.60. The third kappa shape index (κ3) is 3.41. The standard InChI is InChI=1S/C14H24N4O2S/c1-8(2)20-11-10(16)12(13(19)17-3)21-14(11)18-6-4-9(15)5-7-18/h8-9H,4-7,15-16H2,1-3H3,(H,17,19). The molecule has 1 aromatic rings. The van der Waals surface area contributed by atoms with Crippen LogP contribution in [0, 0.1) is 0 Å². The molecule has 2 rings (SSSR count). The van der Waals surface area contributed by atoms with E-state index in [0.29, 0.717) is 16.3 Å². The first-order valence-electron chi connectivity index (χ1n) is 7.25. The Hall–Kier alpha value is -1.47. The number of carbonyl (C=O) groups is 1. The molecule has 0 radical (unpaired) electrons. The van der Waals surface area contributed by atoms with Crippen molar-refractivity contribution < 1.29 is 9.53 Å². The van der Waals surface area contributed by atoms with Crippen LogP contribution in [0.4, 0.5) is 10.7 Å². The minimum absolute atomic E-state index is 0.00485. The Labute approximate surface area is 129 Å². The zero-order chi connectivity index (χ0) is 15.6. The van der Waals surface area contributed by atoms with Gasteiger partial charge in [-0.15, -0.1) is 11.3 Å². The van der Waals surface area contributed by atoms with Crippen LogP contribution >= 0.6 is 11.3 Å². The zero-order valence-corrected chi connectivity index (χ0v) is 13.6. The largest absolute Gasteiger partial charge is 0.486 e. The van der Waals surface area contributed by atoms with E-state index >= 15 is 0 Å². The van der Waals surface area contributed by atoms with Crippen LogP contribution in [-0.2, 0) is 0 Å². The lowest BCUT2D eigenvalue weighted by atomic mass is 10.1. The van der Waals surface area contributed by atoms with Crippen molar-refractivity contribution in [2.75, 3.05) is 30.8 Å². The number of thiophene rings is 1. The number of rotatable bonds is 4. The normalized spacial score (nSPS) is 16.3. The maximum atomic E-state index is 11.9. The molecule has 5 N–H and O–H groups in total. The Morgan fingerprint density at radius 1 is 1.43 bits per heavy atom. The van der Waals surface area contributed by atoms with E-state index in [9.17, 15) is 4.79 Å². The third-order valence-electron chi connectivity index (χ3n) is 3.50. The molecule has 0 saturated carbocycles. The molecule has 1 aromatic heterocycles. The average molecular weight is 312 g/mol. The first kappa shape index (κ1) is 15.9. The first-order chi connectivity index (χ1) is 9.93. The second kappa shape index (κ2) is 6.53. The van der Waals surface area contributed by atoms with Gasteiger partial charge in [0, 0.05) is 26.2 Å². The van der Waals surface area contributed by atoms with Crippen LogP contribution in [0.5, 0.6) is 5.75 Å². The second-order valence-corrected chi connectivity index (χ2v) is 6.55. The summed E-state index contributed by atoms with van der Waals surface area (Å²) in [4.78, 5) is 14.7. The molecular weight excluding hydrogens is 288 g/mol. The summed E-state index contributed by atoms with van der Waals surface area (Å²) in [6, 6.07) is 0.256. The lowest BCUT2D eigenvalue weighted by molar-refractivity contribution is 0.0967. The highest BCUT2D eigenvalue weighted by Crippen LogP contribution is 2.46. The van der Waals surface area contributed by atoms with Crippen LogP contribution in [0.25, 0.3) is 0 Å². The smallest absolute Gasteiger partial charge is 0.263 e. The van der Waals surface area contributed by atoms with Gasteiger partial charge in [0.1, 0.15) is 15.6 Å². The van der Waals surface area contributed by atoms with Gasteiger partial charge in [-0.3, -0.25) is 4.79 Å². The summed E-state index contributed by atoms with van der Waals surface area (Å²) in [5.74, 6) is 0.454. The number of amides is 1. The molecule has 7 heteroatoms. The molecule has 6 nitrogen and oxygen atoms in total. The molecule has 0 bridgehead atoms. The monoisotopic (exact) mass is 312 g/mol. The Balaban J connectivity index is 2.35. The van der Waals surface area contributed by atoms with Gasteiger partial charge in [-0.2, -0.15) is 0 Å². The molecule has 1 aliphatic rings. The molecule has 1 saturated heterocycles. The summed E-state index contributed by atoms with van der Waals surface area (Å²) < 4.78 is 5.86. The van der Waals surface area contributed by atoms with Crippen molar-refractivity contribution in [1.29, 1.82) is 0 Å². The van der Waals surface area contributed by atoms with Gasteiger partial charge in [-0.05, 0) is 26.7 Å². The fourth-order valence-corrected chi connectivity index (χ4v) is 3.51. The van der Waals surface area contributed by atoms with Gasteiger partial charge in [0.2, 0.25) is 0 Å². The van der Waals surface area contributed by atoms with Gasteiger partial charge < -0.3 is 26.4 Å². The van der Waals surface area contributed by atoms with Crippen LogP contribution < -0.4 is 26.4 Å². The summed E-state index contributed by atoms with van der Waals surface area (Å²) in [5, 5.41) is 3.56. The number of hydrogen-bond donors (Lipinski definition) is 3.